The zero-order valence-corrected chi connectivity index (χ0v) is 19.7. The van der Waals surface area contributed by atoms with Crippen molar-refractivity contribution in [2.75, 3.05) is 23.2 Å². The zero-order valence-electron chi connectivity index (χ0n) is 18.8. The number of piperidine rings is 1. The maximum absolute atomic E-state index is 13.2. The van der Waals surface area contributed by atoms with Gasteiger partial charge >= 0.3 is 0 Å². The Balaban J connectivity index is 1.54. The third kappa shape index (κ3) is 5.13. The minimum atomic E-state index is -3.89. The van der Waals surface area contributed by atoms with Gasteiger partial charge in [0, 0.05) is 36.3 Å². The largest absolute Gasteiger partial charge is 0.493 e. The predicted molar refractivity (Wildman–Crippen MR) is 126 cm³/mol. The highest BCUT2D eigenvalue weighted by atomic mass is 32.2. The quantitative estimate of drug-likeness (QED) is 0.689. The molecular weight excluding hydrogens is 442 g/mol. The molecule has 9 heteroatoms. The first-order valence-electron chi connectivity index (χ1n) is 11.3. The topological polar surface area (TPSA) is 105 Å². The molecule has 1 fully saturated rings. The first-order valence-corrected chi connectivity index (χ1v) is 12.7. The van der Waals surface area contributed by atoms with Crippen LogP contribution in [0.1, 0.15) is 49.9 Å². The van der Waals surface area contributed by atoms with Crippen molar-refractivity contribution in [3.8, 4) is 5.75 Å². The van der Waals surface area contributed by atoms with Gasteiger partial charge < -0.3 is 15.0 Å². The molecule has 1 atom stereocenters. The SMILES string of the molecule is CC(C)C(=O)Nc1ccc(S(=O)(=O)Nc2ccc3c(c2)C(=O)N2CCCCC2CCO3)cc1. The Kier molecular flexibility index (Phi) is 6.60. The van der Waals surface area contributed by atoms with Gasteiger partial charge in [-0.15, -0.1) is 0 Å². The van der Waals surface area contributed by atoms with Crippen LogP contribution in [0.3, 0.4) is 0 Å². The van der Waals surface area contributed by atoms with E-state index >= 15 is 0 Å². The van der Waals surface area contributed by atoms with Gasteiger partial charge in [0.1, 0.15) is 5.75 Å². The standard InChI is InChI=1S/C24H29N3O5S/c1-16(2)23(28)25-17-6-9-20(10-7-17)33(30,31)26-18-8-11-22-21(15-18)24(29)27-13-4-3-5-19(27)12-14-32-22/h6-11,15-16,19,26H,3-5,12-14H2,1-2H3,(H,25,28). The zero-order chi connectivity index (χ0) is 23.6. The van der Waals surface area contributed by atoms with Crippen LogP contribution in [0.5, 0.6) is 5.75 Å². The number of ether oxygens (including phenoxy) is 1. The molecule has 0 radical (unpaired) electrons. The number of amides is 2. The summed E-state index contributed by atoms with van der Waals surface area (Å²) in [5.41, 5.74) is 1.18. The second-order valence-corrected chi connectivity index (χ2v) is 10.5. The van der Waals surface area contributed by atoms with Crippen LogP contribution >= 0.6 is 0 Å². The summed E-state index contributed by atoms with van der Waals surface area (Å²) in [6.07, 6.45) is 3.83. The molecule has 2 aromatic carbocycles. The van der Waals surface area contributed by atoms with Gasteiger partial charge in [-0.3, -0.25) is 14.3 Å². The molecule has 0 aromatic heterocycles. The van der Waals surface area contributed by atoms with E-state index in [9.17, 15) is 18.0 Å². The van der Waals surface area contributed by atoms with E-state index in [1.165, 1.54) is 12.1 Å². The van der Waals surface area contributed by atoms with Crippen LogP contribution in [-0.2, 0) is 14.8 Å². The van der Waals surface area contributed by atoms with E-state index < -0.39 is 10.0 Å². The molecule has 0 spiro atoms. The highest BCUT2D eigenvalue weighted by Gasteiger charge is 2.31. The Bertz CT molecular complexity index is 1150. The van der Waals surface area contributed by atoms with Crippen LogP contribution in [0.2, 0.25) is 0 Å². The summed E-state index contributed by atoms with van der Waals surface area (Å²) in [5.74, 6) is 0.0183. The highest BCUT2D eigenvalue weighted by molar-refractivity contribution is 7.92. The van der Waals surface area contributed by atoms with Gasteiger partial charge in [-0.05, 0) is 61.7 Å². The molecule has 0 bridgehead atoms. The average Bonchev–Trinajstić information content (AvgIpc) is 2.79. The summed E-state index contributed by atoms with van der Waals surface area (Å²) >= 11 is 0. The second-order valence-electron chi connectivity index (χ2n) is 8.77. The summed E-state index contributed by atoms with van der Waals surface area (Å²) in [7, 11) is -3.89. The molecule has 176 valence electrons. The van der Waals surface area contributed by atoms with Gasteiger partial charge in [-0.1, -0.05) is 13.8 Å². The number of nitrogens with zero attached hydrogens (tertiary/aromatic N) is 1. The minimum Gasteiger partial charge on any atom is -0.493 e. The maximum Gasteiger partial charge on any atom is 0.261 e. The summed E-state index contributed by atoms with van der Waals surface area (Å²) in [6, 6.07) is 10.9. The van der Waals surface area contributed by atoms with Crippen LogP contribution in [0, 0.1) is 5.92 Å². The molecule has 1 unspecified atom stereocenters. The van der Waals surface area contributed by atoms with Crippen LogP contribution in [0.25, 0.3) is 0 Å². The maximum atomic E-state index is 13.2. The molecule has 2 aromatic rings. The average molecular weight is 472 g/mol. The van der Waals surface area contributed by atoms with Crippen molar-refractivity contribution in [2.45, 2.75) is 50.5 Å². The van der Waals surface area contributed by atoms with E-state index in [1.807, 2.05) is 4.90 Å². The number of anilines is 2. The van der Waals surface area contributed by atoms with Crippen LogP contribution in [0.15, 0.2) is 47.4 Å². The Hall–Kier alpha value is -3.07. The summed E-state index contributed by atoms with van der Waals surface area (Å²) in [5, 5.41) is 2.73. The summed E-state index contributed by atoms with van der Waals surface area (Å²) < 4.78 is 34.2. The molecule has 2 aliphatic rings. The van der Waals surface area contributed by atoms with Crippen molar-refractivity contribution < 1.29 is 22.7 Å². The number of benzene rings is 2. The van der Waals surface area contributed by atoms with Gasteiger partial charge in [-0.2, -0.15) is 0 Å². The fraction of sp³-hybridized carbons (Fsp3) is 0.417. The third-order valence-electron chi connectivity index (χ3n) is 6.02. The van der Waals surface area contributed by atoms with Crippen molar-refractivity contribution in [1.82, 2.24) is 4.90 Å². The summed E-state index contributed by atoms with van der Waals surface area (Å²) in [4.78, 5) is 27.0. The lowest BCUT2D eigenvalue weighted by atomic mass is 9.97. The monoisotopic (exact) mass is 471 g/mol. The Morgan fingerprint density at radius 1 is 1.06 bits per heavy atom. The number of rotatable bonds is 5. The Morgan fingerprint density at radius 3 is 2.52 bits per heavy atom. The predicted octanol–water partition coefficient (Wildman–Crippen LogP) is 3.86. The first-order chi connectivity index (χ1) is 15.7. The van der Waals surface area contributed by atoms with Gasteiger partial charge in [0.2, 0.25) is 5.91 Å². The number of fused-ring (bicyclic) bond motifs is 2. The summed E-state index contributed by atoms with van der Waals surface area (Å²) in [6.45, 7) is 4.79. The van der Waals surface area contributed by atoms with Crippen molar-refractivity contribution in [1.29, 1.82) is 0 Å². The van der Waals surface area contributed by atoms with Gasteiger partial charge in [0.05, 0.1) is 17.1 Å². The molecular formula is C24H29N3O5S. The van der Waals surface area contributed by atoms with Crippen LogP contribution in [-0.4, -0.2) is 44.3 Å². The number of sulfonamides is 1. The normalized spacial score (nSPS) is 18.5. The number of hydrogen-bond donors (Lipinski definition) is 2. The first kappa shape index (κ1) is 23.1. The second kappa shape index (κ2) is 9.43. The van der Waals surface area contributed by atoms with Gasteiger partial charge in [0.15, 0.2) is 0 Å². The molecule has 2 heterocycles. The lowest BCUT2D eigenvalue weighted by molar-refractivity contribution is -0.118. The molecule has 4 rings (SSSR count). The van der Waals surface area contributed by atoms with E-state index in [-0.39, 0.29) is 34.4 Å². The molecule has 1 saturated heterocycles. The van der Waals surface area contributed by atoms with Crippen molar-refractivity contribution >= 4 is 33.2 Å². The number of nitrogens with one attached hydrogen (secondary N) is 2. The number of carbonyl (C=O) groups is 2. The Morgan fingerprint density at radius 2 is 1.79 bits per heavy atom. The van der Waals surface area contributed by atoms with E-state index in [2.05, 4.69) is 10.0 Å². The molecule has 2 N–H and O–H groups in total. The van der Waals surface area contributed by atoms with E-state index in [0.29, 0.717) is 30.2 Å². The number of hydrogen-bond acceptors (Lipinski definition) is 5. The van der Waals surface area contributed by atoms with Crippen molar-refractivity contribution in [3.63, 3.8) is 0 Å². The van der Waals surface area contributed by atoms with Gasteiger partial charge in [0.25, 0.3) is 15.9 Å². The van der Waals surface area contributed by atoms with Crippen LogP contribution in [0.4, 0.5) is 11.4 Å². The fourth-order valence-corrected chi connectivity index (χ4v) is 5.18. The Labute approximate surface area is 194 Å². The van der Waals surface area contributed by atoms with Crippen molar-refractivity contribution in [3.05, 3.63) is 48.0 Å². The molecule has 0 saturated carbocycles. The van der Waals surface area contributed by atoms with E-state index in [0.717, 1.165) is 25.7 Å². The third-order valence-corrected chi connectivity index (χ3v) is 7.41. The molecule has 0 aliphatic carbocycles. The molecule has 8 nitrogen and oxygen atoms in total. The lowest BCUT2D eigenvalue weighted by Gasteiger charge is -2.37. The number of carbonyl (C=O) groups excluding carboxylic acids is 2. The van der Waals surface area contributed by atoms with Crippen molar-refractivity contribution in [2.24, 2.45) is 5.92 Å². The van der Waals surface area contributed by atoms with Gasteiger partial charge in [-0.25, -0.2) is 8.42 Å². The smallest absolute Gasteiger partial charge is 0.261 e. The fourth-order valence-electron chi connectivity index (χ4n) is 4.13. The van der Waals surface area contributed by atoms with Crippen LogP contribution < -0.4 is 14.8 Å². The highest BCUT2D eigenvalue weighted by Crippen LogP contribution is 2.31. The molecule has 33 heavy (non-hydrogen) atoms. The molecule has 2 aliphatic heterocycles. The lowest BCUT2D eigenvalue weighted by Crippen LogP contribution is -2.45. The van der Waals surface area contributed by atoms with E-state index in [4.69, 9.17) is 4.74 Å². The molecule has 2 amide bonds. The van der Waals surface area contributed by atoms with E-state index in [1.54, 1.807) is 44.2 Å². The minimum absolute atomic E-state index is 0.0514.